The number of aliphatic hydroxyl groups is 1. The van der Waals surface area contributed by atoms with Gasteiger partial charge in [0.05, 0.1) is 19.5 Å². The Morgan fingerprint density at radius 3 is 2.95 bits per heavy atom. The van der Waals surface area contributed by atoms with Crippen LogP contribution >= 0.6 is 0 Å². The van der Waals surface area contributed by atoms with Crippen LogP contribution in [0, 0.1) is 0 Å². The summed E-state index contributed by atoms with van der Waals surface area (Å²) in [6.45, 7) is 0.844. The lowest BCUT2D eigenvalue weighted by Gasteiger charge is -2.19. The third-order valence-corrected chi connectivity index (χ3v) is 2.72. The molecule has 2 heterocycles. The van der Waals surface area contributed by atoms with Crippen molar-refractivity contribution in [2.75, 3.05) is 33.4 Å². The Labute approximate surface area is 115 Å². The van der Waals surface area contributed by atoms with Gasteiger partial charge in [-0.15, -0.1) is 0 Å². The van der Waals surface area contributed by atoms with Crippen molar-refractivity contribution in [1.29, 1.82) is 0 Å². The molecule has 0 saturated heterocycles. The van der Waals surface area contributed by atoms with Gasteiger partial charge in [-0.1, -0.05) is 5.16 Å². The van der Waals surface area contributed by atoms with Crippen LogP contribution in [0.1, 0.15) is 10.5 Å². The summed E-state index contributed by atoms with van der Waals surface area (Å²) in [7, 11) is 1.55. The number of aromatic nitrogens is 1. The molecule has 0 aliphatic carbocycles. The van der Waals surface area contributed by atoms with Crippen LogP contribution in [0.25, 0.3) is 11.5 Å². The maximum Gasteiger partial charge on any atom is 0.276 e. The number of carbonyl (C=O) groups excluding carboxylic acids is 1. The second-order valence-electron chi connectivity index (χ2n) is 4.06. The Morgan fingerprint density at radius 1 is 1.45 bits per heavy atom. The molecule has 0 saturated carbocycles. The zero-order valence-corrected chi connectivity index (χ0v) is 11.1. The first-order chi connectivity index (χ1) is 9.76. The Balaban J connectivity index is 2.10. The molecule has 0 bridgehead atoms. The summed E-state index contributed by atoms with van der Waals surface area (Å²) in [5.41, 5.74) is 0.168. The molecular formula is C13H16N2O5. The molecule has 7 nitrogen and oxygen atoms in total. The Bertz CT molecular complexity index is 535. The minimum absolute atomic E-state index is 0.127. The van der Waals surface area contributed by atoms with Gasteiger partial charge in [0.25, 0.3) is 5.91 Å². The highest BCUT2D eigenvalue weighted by Gasteiger charge is 2.20. The van der Waals surface area contributed by atoms with Crippen LogP contribution < -0.4 is 0 Å². The smallest absolute Gasteiger partial charge is 0.276 e. The minimum Gasteiger partial charge on any atom is -0.461 e. The summed E-state index contributed by atoms with van der Waals surface area (Å²) < 4.78 is 15.2. The monoisotopic (exact) mass is 280 g/mol. The largest absolute Gasteiger partial charge is 0.461 e. The van der Waals surface area contributed by atoms with Gasteiger partial charge in [0.15, 0.2) is 11.5 Å². The van der Waals surface area contributed by atoms with Gasteiger partial charge < -0.3 is 23.7 Å². The van der Waals surface area contributed by atoms with Gasteiger partial charge >= 0.3 is 0 Å². The fraction of sp³-hybridized carbons (Fsp3) is 0.385. The van der Waals surface area contributed by atoms with E-state index in [1.807, 2.05) is 0 Å². The van der Waals surface area contributed by atoms with Crippen molar-refractivity contribution in [3.63, 3.8) is 0 Å². The molecule has 0 radical (unpaired) electrons. The summed E-state index contributed by atoms with van der Waals surface area (Å²) in [5.74, 6) is 0.564. The normalized spacial score (nSPS) is 10.7. The highest BCUT2D eigenvalue weighted by atomic mass is 16.5. The predicted molar refractivity (Wildman–Crippen MR) is 69.1 cm³/mol. The molecule has 0 spiro atoms. The van der Waals surface area contributed by atoms with E-state index >= 15 is 0 Å². The molecule has 2 aromatic rings. The number of amides is 1. The van der Waals surface area contributed by atoms with Gasteiger partial charge in [0, 0.05) is 26.3 Å². The zero-order valence-electron chi connectivity index (χ0n) is 11.1. The van der Waals surface area contributed by atoms with E-state index in [-0.39, 0.29) is 24.8 Å². The first-order valence-corrected chi connectivity index (χ1v) is 6.16. The predicted octanol–water partition coefficient (Wildman–Crippen LogP) is 1.02. The van der Waals surface area contributed by atoms with Crippen LogP contribution in [0.15, 0.2) is 33.4 Å². The van der Waals surface area contributed by atoms with Crippen LogP contribution in [0.4, 0.5) is 0 Å². The molecule has 7 heteroatoms. The molecular weight excluding hydrogens is 264 g/mol. The molecule has 2 aromatic heterocycles. The molecule has 0 aliphatic rings. The SMILES string of the molecule is COCCN(CCO)C(=O)c1cc(-c2ccco2)on1. The van der Waals surface area contributed by atoms with E-state index in [0.29, 0.717) is 24.7 Å². The fourth-order valence-corrected chi connectivity index (χ4v) is 1.71. The van der Waals surface area contributed by atoms with E-state index in [1.165, 1.54) is 17.2 Å². The van der Waals surface area contributed by atoms with Crippen LogP contribution in [-0.2, 0) is 4.74 Å². The van der Waals surface area contributed by atoms with Gasteiger partial charge in [-0.25, -0.2) is 0 Å². The minimum atomic E-state index is -0.322. The molecule has 1 N–H and O–H groups in total. The average molecular weight is 280 g/mol. The van der Waals surface area contributed by atoms with Crippen molar-refractivity contribution in [2.24, 2.45) is 0 Å². The van der Waals surface area contributed by atoms with Crippen molar-refractivity contribution < 1.29 is 23.6 Å². The van der Waals surface area contributed by atoms with Crippen molar-refractivity contribution in [3.8, 4) is 11.5 Å². The lowest BCUT2D eigenvalue weighted by molar-refractivity contribution is 0.0646. The van der Waals surface area contributed by atoms with Crippen molar-refractivity contribution in [2.45, 2.75) is 0 Å². The van der Waals surface area contributed by atoms with E-state index in [1.54, 1.807) is 19.2 Å². The zero-order chi connectivity index (χ0) is 14.4. The lowest BCUT2D eigenvalue weighted by atomic mass is 10.3. The van der Waals surface area contributed by atoms with Crippen LogP contribution in [0.5, 0.6) is 0 Å². The number of hydrogen-bond acceptors (Lipinski definition) is 6. The first-order valence-electron chi connectivity index (χ1n) is 6.16. The highest BCUT2D eigenvalue weighted by molar-refractivity contribution is 5.93. The van der Waals surface area contributed by atoms with Gasteiger partial charge in [0.2, 0.25) is 5.76 Å². The number of aliphatic hydroxyl groups excluding tert-OH is 1. The summed E-state index contributed by atoms with van der Waals surface area (Å²) in [5, 5.41) is 12.7. The van der Waals surface area contributed by atoms with Gasteiger partial charge in [-0.3, -0.25) is 4.79 Å². The molecule has 20 heavy (non-hydrogen) atoms. The maximum atomic E-state index is 12.2. The molecule has 0 unspecified atom stereocenters. The van der Waals surface area contributed by atoms with Crippen LogP contribution in [0.2, 0.25) is 0 Å². The summed E-state index contributed by atoms with van der Waals surface area (Å²) >= 11 is 0. The van der Waals surface area contributed by atoms with E-state index in [4.69, 9.17) is 18.8 Å². The highest BCUT2D eigenvalue weighted by Crippen LogP contribution is 2.21. The van der Waals surface area contributed by atoms with Crippen LogP contribution in [-0.4, -0.2) is 54.5 Å². The number of nitrogens with zero attached hydrogens (tertiary/aromatic N) is 2. The molecule has 0 fully saturated rings. The lowest BCUT2D eigenvalue weighted by Crippen LogP contribution is -2.36. The van der Waals surface area contributed by atoms with Crippen molar-refractivity contribution >= 4 is 5.91 Å². The van der Waals surface area contributed by atoms with Crippen LogP contribution in [0.3, 0.4) is 0 Å². The number of rotatable bonds is 7. The van der Waals surface area contributed by atoms with Gasteiger partial charge in [-0.2, -0.15) is 0 Å². The van der Waals surface area contributed by atoms with E-state index in [2.05, 4.69) is 5.16 Å². The molecule has 0 atom stereocenters. The first kappa shape index (κ1) is 14.3. The number of methoxy groups -OCH3 is 1. The summed E-state index contributed by atoms with van der Waals surface area (Å²) in [6, 6.07) is 4.94. The summed E-state index contributed by atoms with van der Waals surface area (Å²) in [6.07, 6.45) is 1.51. The maximum absolute atomic E-state index is 12.2. The molecule has 1 amide bonds. The fourth-order valence-electron chi connectivity index (χ4n) is 1.71. The second-order valence-corrected chi connectivity index (χ2v) is 4.06. The van der Waals surface area contributed by atoms with Crippen molar-refractivity contribution in [1.82, 2.24) is 10.1 Å². The average Bonchev–Trinajstić information content (AvgIpc) is 3.12. The molecule has 0 aromatic carbocycles. The number of hydrogen-bond donors (Lipinski definition) is 1. The number of ether oxygens (including phenoxy) is 1. The van der Waals surface area contributed by atoms with Crippen molar-refractivity contribution in [3.05, 3.63) is 30.2 Å². The molecule has 0 aliphatic heterocycles. The third kappa shape index (κ3) is 3.25. The van der Waals surface area contributed by atoms with E-state index in [9.17, 15) is 4.79 Å². The second kappa shape index (κ2) is 6.88. The third-order valence-electron chi connectivity index (χ3n) is 2.72. The van der Waals surface area contributed by atoms with Gasteiger partial charge in [-0.05, 0) is 12.1 Å². The summed E-state index contributed by atoms with van der Waals surface area (Å²) in [4.78, 5) is 13.7. The molecule has 108 valence electrons. The standard InChI is InChI=1S/C13H16N2O5/c1-18-8-5-15(4-6-16)13(17)10-9-12(20-14-10)11-3-2-7-19-11/h2-3,7,9,16H,4-6,8H2,1H3. The van der Waals surface area contributed by atoms with E-state index in [0.717, 1.165) is 0 Å². The Hall–Kier alpha value is -2.12. The number of carbonyl (C=O) groups is 1. The topological polar surface area (TPSA) is 88.9 Å². The van der Waals surface area contributed by atoms with E-state index < -0.39 is 0 Å². The Morgan fingerprint density at radius 2 is 2.30 bits per heavy atom. The number of furan rings is 1. The Kier molecular flexibility index (Phi) is 4.91. The molecule has 2 rings (SSSR count). The van der Waals surface area contributed by atoms with Gasteiger partial charge in [0.1, 0.15) is 0 Å². The quantitative estimate of drug-likeness (QED) is 0.814.